The van der Waals surface area contributed by atoms with Crippen LogP contribution in [0.2, 0.25) is 0 Å². The zero-order valence-corrected chi connectivity index (χ0v) is 13.0. The Balaban J connectivity index is 1.97. The predicted octanol–water partition coefficient (Wildman–Crippen LogP) is 3.04. The van der Waals surface area contributed by atoms with Crippen LogP contribution >= 0.6 is 0 Å². The van der Waals surface area contributed by atoms with Gasteiger partial charge in [0.1, 0.15) is 0 Å². The summed E-state index contributed by atoms with van der Waals surface area (Å²) < 4.78 is 39.0. The predicted molar refractivity (Wildman–Crippen MR) is 83.9 cm³/mol. The average Bonchev–Trinajstić information content (AvgIpc) is 2.53. The molecule has 1 aromatic rings. The Hall–Kier alpha value is -2.31. The molecule has 1 fully saturated rings. The highest BCUT2D eigenvalue weighted by Gasteiger charge is 2.45. The molecule has 1 aromatic carbocycles. The fourth-order valence-electron chi connectivity index (χ4n) is 2.86. The molecule has 0 bridgehead atoms. The largest absolute Gasteiger partial charge is 0.393 e. The highest BCUT2D eigenvalue weighted by atomic mass is 19.4. The van der Waals surface area contributed by atoms with Crippen molar-refractivity contribution in [3.05, 3.63) is 41.5 Å². The number of nitrogens with one attached hydrogen (secondary N) is 1. The van der Waals surface area contributed by atoms with Gasteiger partial charge in [-0.1, -0.05) is 25.0 Å². The summed E-state index contributed by atoms with van der Waals surface area (Å²) >= 11 is 0. The molecule has 1 aliphatic carbocycles. The molecule has 3 N–H and O–H groups in total. The summed E-state index contributed by atoms with van der Waals surface area (Å²) in [7, 11) is 0. The Morgan fingerprint density at radius 1 is 1.12 bits per heavy atom. The molecule has 0 aliphatic heterocycles. The minimum atomic E-state index is -4.30. The van der Waals surface area contributed by atoms with Crippen molar-refractivity contribution < 1.29 is 22.8 Å². The van der Waals surface area contributed by atoms with E-state index in [4.69, 9.17) is 5.73 Å². The van der Waals surface area contributed by atoms with Crippen molar-refractivity contribution >= 4 is 17.9 Å². The van der Waals surface area contributed by atoms with Gasteiger partial charge in [-0.05, 0) is 36.6 Å². The van der Waals surface area contributed by atoms with E-state index in [0.29, 0.717) is 30.4 Å². The second-order valence-corrected chi connectivity index (χ2v) is 5.87. The van der Waals surface area contributed by atoms with Crippen molar-refractivity contribution in [2.45, 2.75) is 37.9 Å². The molecular weight excluding hydrogens is 321 g/mol. The topological polar surface area (TPSA) is 72.2 Å². The molecular formula is C17H19F3N2O2. The fraction of sp³-hybridized carbons (Fsp3) is 0.412. The molecule has 130 valence electrons. The van der Waals surface area contributed by atoms with Gasteiger partial charge in [-0.3, -0.25) is 9.59 Å². The van der Waals surface area contributed by atoms with Gasteiger partial charge in [-0.15, -0.1) is 0 Å². The number of primary amides is 1. The second-order valence-electron chi connectivity index (χ2n) is 5.87. The molecule has 2 amide bonds. The first-order chi connectivity index (χ1) is 11.3. The number of rotatable bonds is 4. The third-order valence-electron chi connectivity index (χ3n) is 4.14. The van der Waals surface area contributed by atoms with Crippen LogP contribution in [0.15, 0.2) is 30.3 Å². The molecule has 0 aromatic heterocycles. The number of hydrogen-bond acceptors (Lipinski definition) is 2. The molecule has 2 atom stereocenters. The van der Waals surface area contributed by atoms with Crippen molar-refractivity contribution in [2.75, 3.05) is 0 Å². The van der Waals surface area contributed by atoms with Gasteiger partial charge in [0.15, 0.2) is 0 Å². The lowest BCUT2D eigenvalue weighted by Crippen LogP contribution is -2.47. The smallest absolute Gasteiger partial charge is 0.366 e. The summed E-state index contributed by atoms with van der Waals surface area (Å²) in [6.45, 7) is 0. The van der Waals surface area contributed by atoms with E-state index in [9.17, 15) is 22.8 Å². The third kappa shape index (κ3) is 4.84. The number of amides is 2. The summed E-state index contributed by atoms with van der Waals surface area (Å²) in [4.78, 5) is 22.9. The SMILES string of the molecule is NC(=O)c1ccc(/C=C/C(=O)NC2CCCCC2C(F)(F)F)cc1. The monoisotopic (exact) mass is 340 g/mol. The highest BCUT2D eigenvalue weighted by Crippen LogP contribution is 2.37. The maximum Gasteiger partial charge on any atom is 0.393 e. The van der Waals surface area contributed by atoms with Gasteiger partial charge in [-0.25, -0.2) is 0 Å². The van der Waals surface area contributed by atoms with Crippen LogP contribution in [0.4, 0.5) is 13.2 Å². The van der Waals surface area contributed by atoms with Gasteiger partial charge in [0.05, 0.1) is 5.92 Å². The number of alkyl halides is 3. The summed E-state index contributed by atoms with van der Waals surface area (Å²) in [6.07, 6.45) is -0.0439. The molecule has 2 unspecified atom stereocenters. The van der Waals surface area contributed by atoms with Gasteiger partial charge in [-0.2, -0.15) is 13.2 Å². The van der Waals surface area contributed by atoms with E-state index in [-0.39, 0.29) is 6.42 Å². The number of hydrogen-bond donors (Lipinski definition) is 2. The zero-order valence-electron chi connectivity index (χ0n) is 13.0. The van der Waals surface area contributed by atoms with Crippen molar-refractivity contribution in [1.82, 2.24) is 5.32 Å². The third-order valence-corrected chi connectivity index (χ3v) is 4.14. The van der Waals surface area contributed by atoms with E-state index in [0.717, 1.165) is 0 Å². The van der Waals surface area contributed by atoms with Gasteiger partial charge >= 0.3 is 6.18 Å². The molecule has 0 heterocycles. The van der Waals surface area contributed by atoms with Crippen molar-refractivity contribution in [3.63, 3.8) is 0 Å². The molecule has 24 heavy (non-hydrogen) atoms. The quantitative estimate of drug-likeness (QED) is 0.827. The van der Waals surface area contributed by atoms with Gasteiger partial charge in [0.25, 0.3) is 0 Å². The normalized spacial score (nSPS) is 21.6. The molecule has 2 rings (SSSR count). The van der Waals surface area contributed by atoms with Crippen molar-refractivity contribution in [1.29, 1.82) is 0 Å². The molecule has 1 saturated carbocycles. The van der Waals surface area contributed by atoms with Crippen LogP contribution in [0.3, 0.4) is 0 Å². The van der Waals surface area contributed by atoms with Crippen LogP contribution in [-0.2, 0) is 4.79 Å². The standard InChI is InChI=1S/C17H19F3N2O2/c18-17(19,20)13-3-1-2-4-14(13)22-15(23)10-7-11-5-8-12(9-6-11)16(21)24/h5-10,13-14H,1-4H2,(H2,21,24)(H,22,23)/b10-7+. The van der Waals surface area contributed by atoms with Crippen LogP contribution in [0.25, 0.3) is 6.08 Å². The summed E-state index contributed by atoms with van der Waals surface area (Å²) in [5.74, 6) is -2.60. The summed E-state index contributed by atoms with van der Waals surface area (Å²) in [5, 5.41) is 2.46. The van der Waals surface area contributed by atoms with Crippen molar-refractivity contribution in [3.8, 4) is 0 Å². The molecule has 1 aliphatic rings. The summed E-state index contributed by atoms with van der Waals surface area (Å²) in [6, 6.07) is 5.35. The Morgan fingerprint density at radius 2 is 1.75 bits per heavy atom. The number of carbonyl (C=O) groups is 2. The number of nitrogens with two attached hydrogens (primary N) is 1. The van der Waals surface area contributed by atoms with Crippen LogP contribution in [0.5, 0.6) is 0 Å². The van der Waals surface area contributed by atoms with E-state index in [1.54, 1.807) is 12.1 Å². The van der Waals surface area contributed by atoms with E-state index in [1.807, 2.05) is 0 Å². The maximum atomic E-state index is 13.0. The van der Waals surface area contributed by atoms with Crippen LogP contribution in [0.1, 0.15) is 41.6 Å². The Morgan fingerprint density at radius 3 is 2.33 bits per heavy atom. The first kappa shape index (κ1) is 18.0. The lowest BCUT2D eigenvalue weighted by atomic mass is 9.84. The van der Waals surface area contributed by atoms with E-state index in [2.05, 4.69) is 5.32 Å². The maximum absolute atomic E-state index is 13.0. The van der Waals surface area contributed by atoms with E-state index < -0.39 is 30.0 Å². The minimum Gasteiger partial charge on any atom is -0.366 e. The number of carbonyl (C=O) groups excluding carboxylic acids is 2. The Kier molecular flexibility index (Phi) is 5.64. The van der Waals surface area contributed by atoms with Crippen LogP contribution < -0.4 is 11.1 Å². The Labute approximate surface area is 137 Å². The van der Waals surface area contributed by atoms with Gasteiger partial charge in [0, 0.05) is 17.7 Å². The lowest BCUT2D eigenvalue weighted by molar-refractivity contribution is -0.188. The molecule has 0 saturated heterocycles. The summed E-state index contributed by atoms with van der Waals surface area (Å²) in [5.41, 5.74) is 6.11. The van der Waals surface area contributed by atoms with Crippen LogP contribution in [-0.4, -0.2) is 24.0 Å². The fourth-order valence-corrected chi connectivity index (χ4v) is 2.86. The van der Waals surface area contributed by atoms with Gasteiger partial charge in [0.2, 0.25) is 11.8 Å². The molecule has 0 radical (unpaired) electrons. The van der Waals surface area contributed by atoms with E-state index in [1.165, 1.54) is 24.3 Å². The van der Waals surface area contributed by atoms with Crippen LogP contribution in [0, 0.1) is 5.92 Å². The van der Waals surface area contributed by atoms with Gasteiger partial charge < -0.3 is 11.1 Å². The minimum absolute atomic E-state index is 0.0484. The van der Waals surface area contributed by atoms with Crippen molar-refractivity contribution in [2.24, 2.45) is 11.7 Å². The average molecular weight is 340 g/mol. The second kappa shape index (κ2) is 7.51. The zero-order chi connectivity index (χ0) is 17.7. The lowest BCUT2D eigenvalue weighted by Gasteiger charge is -2.33. The number of halogens is 3. The first-order valence-corrected chi connectivity index (χ1v) is 7.72. The van der Waals surface area contributed by atoms with E-state index >= 15 is 0 Å². The molecule has 7 heteroatoms. The molecule has 0 spiro atoms. The Bertz CT molecular complexity index is 624. The highest BCUT2D eigenvalue weighted by molar-refractivity contribution is 5.94. The number of benzene rings is 1. The first-order valence-electron chi connectivity index (χ1n) is 7.72. The molecule has 4 nitrogen and oxygen atoms in total.